The van der Waals surface area contributed by atoms with Crippen molar-refractivity contribution < 1.29 is 95.9 Å². The summed E-state index contributed by atoms with van der Waals surface area (Å²) >= 11 is 0. The zero-order chi connectivity index (χ0) is 7.15. The molecular weight excluding hydrogens is 430 g/mol. The van der Waals surface area contributed by atoms with Gasteiger partial charge in [0.15, 0.2) is 0 Å². The van der Waals surface area contributed by atoms with Gasteiger partial charge in [-0.25, -0.2) is 0 Å². The van der Waals surface area contributed by atoms with Gasteiger partial charge >= 0.3 is 113 Å². The van der Waals surface area contributed by atoms with Crippen LogP contribution in [0.4, 0.5) is 0 Å². The first-order valence-corrected chi connectivity index (χ1v) is 1.41. The summed E-state index contributed by atoms with van der Waals surface area (Å²) in [5.74, 6) is 0. The van der Waals surface area contributed by atoms with E-state index >= 15 is 0 Å². The van der Waals surface area contributed by atoms with Gasteiger partial charge in [0.05, 0.1) is 0 Å². The Balaban J connectivity index is -0.00000000126. The molecule has 0 aromatic carbocycles. The third-order valence-electron chi connectivity index (χ3n) is 0. The predicted octanol–water partition coefficient (Wildman–Crippen LogP) is -18.9. The van der Waals surface area contributed by atoms with Crippen LogP contribution in [0.25, 0.3) is 0 Å². The Hall–Kier alpha value is 3.19. The van der Waals surface area contributed by atoms with Crippen LogP contribution in [0.2, 0.25) is 0 Å². The molecule has 0 aliphatic rings. The second-order valence-corrected chi connectivity index (χ2v) is 0.577. The molecule has 0 aliphatic carbocycles. The van der Waals surface area contributed by atoms with Gasteiger partial charge in [-0.3, -0.25) is 14.6 Å². The van der Waals surface area contributed by atoms with Gasteiger partial charge in [-0.2, -0.15) is 0 Å². The van der Waals surface area contributed by atoms with Crippen molar-refractivity contribution in [2.75, 3.05) is 0 Å². The Morgan fingerprint density at radius 2 is 0.261 bits per heavy atom. The summed E-state index contributed by atoms with van der Waals surface area (Å²) in [6.45, 7) is 0. The number of rotatable bonds is 0. The van der Waals surface area contributed by atoms with Crippen LogP contribution >= 0.6 is 0 Å². The van der Waals surface area contributed by atoms with Crippen molar-refractivity contribution >= 4 is 128 Å². The fourth-order valence-electron chi connectivity index (χ4n) is 0. The summed E-state index contributed by atoms with van der Waals surface area (Å²) in [4.78, 5) is 0. The summed E-state index contributed by atoms with van der Waals surface area (Å²) in [6.07, 6.45) is 0. The minimum Gasteiger partial charge on any atom is -0.907 e. The van der Waals surface area contributed by atoms with Crippen LogP contribution in [-0.2, 0) is 0 Å². The molecule has 18 nitrogen and oxygen atoms in total. The van der Waals surface area contributed by atoms with Crippen molar-refractivity contribution in [3.05, 3.63) is 0 Å². The normalized spacial score (nSPS) is 2.35. The first-order chi connectivity index (χ1) is 3.46. The van der Waals surface area contributed by atoms with Crippen molar-refractivity contribution in [3.8, 4) is 0 Å². The average Bonchev–Trinajstić information content (AvgIpc) is 1.25. The van der Waals surface area contributed by atoms with Gasteiger partial charge in [-0.15, -0.1) is 0 Å². The molecule has 0 saturated carbocycles. The third-order valence-corrected chi connectivity index (χ3v) is 0. The quantitative estimate of drug-likeness (QED) is 0.319. The minimum absolute atomic E-state index is 0. The molecular formula is H24B2Ca3O18. The monoisotopic (exact) mass is 454 g/mol. The van der Waals surface area contributed by atoms with E-state index in [1.807, 2.05) is 0 Å². The second-order valence-electron chi connectivity index (χ2n) is 0.577. The topological polar surface area (TPSA) is 516 Å². The molecule has 0 saturated heterocycles. The molecule has 23 heteroatoms. The van der Waals surface area contributed by atoms with Crippen molar-refractivity contribution in [1.29, 1.82) is 0 Å². The Bertz CT molecular complexity index is 37.7. The van der Waals surface area contributed by atoms with Crippen LogP contribution in [0.5, 0.6) is 0 Å². The van der Waals surface area contributed by atoms with E-state index in [0.717, 1.165) is 0 Å². The van der Waals surface area contributed by atoms with E-state index in [0.29, 0.717) is 0 Å². The van der Waals surface area contributed by atoms with E-state index in [2.05, 4.69) is 0 Å². The molecule has 0 bridgehead atoms. The van der Waals surface area contributed by atoms with Crippen LogP contribution < -0.4 is 30.1 Å². The van der Waals surface area contributed by atoms with Crippen LogP contribution in [0, 0.1) is 0 Å². The molecule has 0 spiro atoms. The molecule has 0 aromatic heterocycles. The first kappa shape index (κ1) is 197. The predicted molar refractivity (Wildman–Crippen MR) is 72.1 cm³/mol. The standard InChI is InChI=1S/2BO3.3Ca.12H2O/c2*2-1(3)4;;;;;;;;;;;;;;;/h;;;;;12*1H2/q2*-3;3*+2;;;;;;;;;;;;. The Morgan fingerprint density at radius 3 is 0.261 bits per heavy atom. The largest absolute Gasteiger partial charge is 2.00 e. The molecule has 0 fully saturated rings. The van der Waals surface area contributed by atoms with Crippen molar-refractivity contribution in [3.63, 3.8) is 0 Å². The molecule has 23 heavy (non-hydrogen) atoms. The van der Waals surface area contributed by atoms with Crippen molar-refractivity contribution in [2.24, 2.45) is 0 Å². The first-order valence-electron chi connectivity index (χ1n) is 1.41. The van der Waals surface area contributed by atoms with Crippen LogP contribution in [0.1, 0.15) is 0 Å². The molecule has 0 heterocycles. The van der Waals surface area contributed by atoms with Gasteiger partial charge in [0.25, 0.3) is 0 Å². The van der Waals surface area contributed by atoms with Gasteiger partial charge in [-0.05, 0) is 0 Å². The van der Waals surface area contributed by atoms with E-state index in [4.69, 9.17) is 30.1 Å². The molecule has 0 aromatic rings. The average molecular weight is 454 g/mol. The molecule has 0 unspecified atom stereocenters. The van der Waals surface area contributed by atoms with Crippen molar-refractivity contribution in [1.82, 2.24) is 0 Å². The zero-order valence-electron chi connectivity index (χ0n) is 11.7. The fourth-order valence-corrected chi connectivity index (χ4v) is 0. The molecule has 0 aliphatic heterocycles. The smallest absolute Gasteiger partial charge is 0.907 e. The summed E-state index contributed by atoms with van der Waals surface area (Å²) < 4.78 is 0. The maximum Gasteiger partial charge on any atom is 2.00 e. The second kappa shape index (κ2) is 175. The zero-order valence-corrected chi connectivity index (χ0v) is 18.4. The van der Waals surface area contributed by atoms with Gasteiger partial charge in [0.2, 0.25) is 0 Å². The maximum atomic E-state index is 8.42. The van der Waals surface area contributed by atoms with Crippen LogP contribution in [-0.4, -0.2) is 194 Å². The fraction of sp³-hybridized carbons (Fsp3) is 0. The van der Waals surface area contributed by atoms with Crippen LogP contribution in [0.3, 0.4) is 0 Å². The van der Waals surface area contributed by atoms with Gasteiger partial charge in [-0.1, -0.05) is 0 Å². The van der Waals surface area contributed by atoms with E-state index in [1.165, 1.54) is 0 Å². The number of hydrogen-bond acceptors (Lipinski definition) is 6. The van der Waals surface area contributed by atoms with E-state index in [1.54, 1.807) is 0 Å². The summed E-state index contributed by atoms with van der Waals surface area (Å²) in [5.41, 5.74) is 0. The molecule has 0 radical (unpaired) electrons. The maximum absolute atomic E-state index is 8.42. The molecule has 24 N–H and O–H groups in total. The molecule has 0 atom stereocenters. The third kappa shape index (κ3) is 1330. The van der Waals surface area contributed by atoms with Crippen LogP contribution in [0.15, 0.2) is 0 Å². The van der Waals surface area contributed by atoms with Gasteiger partial charge < -0.3 is 95.9 Å². The molecule has 0 amide bonds. The SMILES string of the molecule is O.O.O.O.O.O.O.O.O.O.O.O.[Ca+2].[Ca+2].[Ca+2].[O-]B([O-])[O-].[O-]B([O-])[O-]. The Labute approximate surface area is 220 Å². The molecule has 0 rings (SSSR count). The summed E-state index contributed by atoms with van der Waals surface area (Å²) in [5, 5.41) is 50.5. The summed E-state index contributed by atoms with van der Waals surface area (Å²) in [6, 6.07) is 0. The van der Waals surface area contributed by atoms with E-state index in [-0.39, 0.29) is 179 Å². The van der Waals surface area contributed by atoms with E-state index < -0.39 is 14.6 Å². The number of hydrogen-bond donors (Lipinski definition) is 0. The van der Waals surface area contributed by atoms with Gasteiger partial charge in [0, 0.05) is 0 Å². The van der Waals surface area contributed by atoms with Gasteiger partial charge in [0.1, 0.15) is 0 Å². The summed E-state index contributed by atoms with van der Waals surface area (Å²) in [7, 11) is -5.83. The minimum atomic E-state index is -2.92. The van der Waals surface area contributed by atoms with Crippen molar-refractivity contribution in [2.45, 2.75) is 0 Å². The molecule has 144 valence electrons. The Morgan fingerprint density at radius 1 is 0.261 bits per heavy atom. The Kier molecular flexibility index (Phi) is 1490. The van der Waals surface area contributed by atoms with E-state index in [9.17, 15) is 0 Å².